The number of amides is 1. The van der Waals surface area contributed by atoms with E-state index in [1.807, 2.05) is 37.3 Å². The molecule has 0 radical (unpaired) electrons. The maximum Gasteiger partial charge on any atom is 0.251 e. The van der Waals surface area contributed by atoms with Crippen molar-refractivity contribution < 1.29 is 13.6 Å². The Morgan fingerprint density at radius 2 is 1.80 bits per heavy atom. The molecule has 2 rings (SSSR count). The third kappa shape index (κ3) is 3.41. The third-order valence-electron chi connectivity index (χ3n) is 3.12. The van der Waals surface area contributed by atoms with Gasteiger partial charge in [-0.05, 0) is 29.7 Å². The van der Waals surface area contributed by atoms with E-state index >= 15 is 0 Å². The monoisotopic (exact) mass is 275 g/mol. The highest BCUT2D eigenvalue weighted by molar-refractivity contribution is 5.94. The molecule has 2 nitrogen and oxygen atoms in total. The van der Waals surface area contributed by atoms with E-state index in [2.05, 4.69) is 5.32 Å². The average Bonchev–Trinajstić information content (AvgIpc) is 2.48. The lowest BCUT2D eigenvalue weighted by Gasteiger charge is -2.13. The second-order valence-electron chi connectivity index (χ2n) is 4.65. The van der Waals surface area contributed by atoms with Gasteiger partial charge in [0.05, 0.1) is 0 Å². The minimum absolute atomic E-state index is 0.115. The minimum atomic E-state index is -1.02. The van der Waals surface area contributed by atoms with Crippen molar-refractivity contribution in [3.63, 3.8) is 0 Å². The summed E-state index contributed by atoms with van der Waals surface area (Å²) in [6.07, 6.45) is 0. The summed E-state index contributed by atoms with van der Waals surface area (Å²) in [5, 5.41) is 2.72. The van der Waals surface area contributed by atoms with Crippen molar-refractivity contribution in [2.45, 2.75) is 12.8 Å². The van der Waals surface area contributed by atoms with E-state index in [9.17, 15) is 13.6 Å². The molecule has 0 saturated heterocycles. The second kappa shape index (κ2) is 6.28. The Balaban J connectivity index is 1.97. The smallest absolute Gasteiger partial charge is 0.251 e. The highest BCUT2D eigenvalue weighted by Crippen LogP contribution is 2.14. The van der Waals surface area contributed by atoms with Crippen LogP contribution in [0.2, 0.25) is 0 Å². The summed E-state index contributed by atoms with van der Waals surface area (Å²) in [5.74, 6) is -2.25. The fourth-order valence-corrected chi connectivity index (χ4v) is 1.88. The van der Waals surface area contributed by atoms with Crippen LogP contribution in [-0.2, 0) is 0 Å². The van der Waals surface area contributed by atoms with Crippen LogP contribution in [0.15, 0.2) is 48.5 Å². The first kappa shape index (κ1) is 14.2. The van der Waals surface area contributed by atoms with Crippen LogP contribution < -0.4 is 5.32 Å². The average molecular weight is 275 g/mol. The quantitative estimate of drug-likeness (QED) is 0.909. The number of carbonyl (C=O) groups is 1. The zero-order chi connectivity index (χ0) is 14.5. The number of halogens is 2. The summed E-state index contributed by atoms with van der Waals surface area (Å²) in [6, 6.07) is 12.9. The van der Waals surface area contributed by atoms with E-state index in [0.29, 0.717) is 6.54 Å². The van der Waals surface area contributed by atoms with Crippen LogP contribution in [0.3, 0.4) is 0 Å². The molecule has 0 aliphatic heterocycles. The number of rotatable bonds is 4. The molecule has 1 N–H and O–H groups in total. The van der Waals surface area contributed by atoms with Crippen molar-refractivity contribution in [1.82, 2.24) is 5.32 Å². The number of hydrogen-bond acceptors (Lipinski definition) is 1. The molecule has 20 heavy (non-hydrogen) atoms. The van der Waals surface area contributed by atoms with E-state index in [0.717, 1.165) is 17.7 Å². The van der Waals surface area contributed by atoms with Crippen LogP contribution in [0.5, 0.6) is 0 Å². The van der Waals surface area contributed by atoms with Gasteiger partial charge in [0.15, 0.2) is 11.6 Å². The standard InChI is InChI=1S/C16H15F2NO/c1-11(12-5-3-2-4-6-12)10-19-16(20)13-7-8-14(17)15(18)9-13/h2-9,11H,10H2,1H3,(H,19,20). The van der Waals surface area contributed by atoms with Crippen LogP contribution >= 0.6 is 0 Å². The lowest BCUT2D eigenvalue weighted by molar-refractivity contribution is 0.0951. The molecule has 0 saturated carbocycles. The van der Waals surface area contributed by atoms with Crippen molar-refractivity contribution in [2.24, 2.45) is 0 Å². The van der Waals surface area contributed by atoms with Gasteiger partial charge < -0.3 is 5.32 Å². The van der Waals surface area contributed by atoms with Gasteiger partial charge in [0, 0.05) is 12.1 Å². The van der Waals surface area contributed by atoms with Crippen LogP contribution in [-0.4, -0.2) is 12.5 Å². The first-order valence-electron chi connectivity index (χ1n) is 6.36. The summed E-state index contributed by atoms with van der Waals surface area (Å²) < 4.78 is 25.8. The first-order chi connectivity index (χ1) is 9.58. The Kier molecular flexibility index (Phi) is 4.45. The molecule has 2 aromatic carbocycles. The summed E-state index contributed by atoms with van der Waals surface area (Å²) >= 11 is 0. The Hall–Kier alpha value is -2.23. The van der Waals surface area contributed by atoms with Crippen LogP contribution in [0.1, 0.15) is 28.8 Å². The summed E-state index contributed by atoms with van der Waals surface area (Å²) in [7, 11) is 0. The van der Waals surface area contributed by atoms with E-state index in [4.69, 9.17) is 0 Å². The van der Waals surface area contributed by atoms with E-state index in [-0.39, 0.29) is 11.5 Å². The highest BCUT2D eigenvalue weighted by atomic mass is 19.2. The molecule has 2 aromatic rings. The molecular weight excluding hydrogens is 260 g/mol. The Bertz CT molecular complexity index is 599. The van der Waals surface area contributed by atoms with Gasteiger partial charge in [-0.3, -0.25) is 4.79 Å². The maximum atomic E-state index is 13.0. The van der Waals surface area contributed by atoms with Crippen LogP contribution in [0.25, 0.3) is 0 Å². The Labute approximate surface area is 116 Å². The Morgan fingerprint density at radius 1 is 1.10 bits per heavy atom. The van der Waals surface area contributed by atoms with E-state index in [1.54, 1.807) is 0 Å². The van der Waals surface area contributed by atoms with E-state index in [1.165, 1.54) is 6.07 Å². The van der Waals surface area contributed by atoms with Gasteiger partial charge in [-0.15, -0.1) is 0 Å². The van der Waals surface area contributed by atoms with Crippen molar-refractivity contribution in [3.05, 3.63) is 71.3 Å². The van der Waals surface area contributed by atoms with Gasteiger partial charge in [-0.2, -0.15) is 0 Å². The fraction of sp³-hybridized carbons (Fsp3) is 0.188. The molecular formula is C16H15F2NO. The SMILES string of the molecule is CC(CNC(=O)c1ccc(F)c(F)c1)c1ccccc1. The van der Waals surface area contributed by atoms with Crippen molar-refractivity contribution in [1.29, 1.82) is 0 Å². The third-order valence-corrected chi connectivity index (χ3v) is 3.12. The van der Waals surface area contributed by atoms with Gasteiger partial charge >= 0.3 is 0 Å². The molecule has 1 atom stereocenters. The van der Waals surface area contributed by atoms with Gasteiger partial charge in [-0.25, -0.2) is 8.78 Å². The molecule has 0 aliphatic carbocycles. The number of hydrogen-bond donors (Lipinski definition) is 1. The fourth-order valence-electron chi connectivity index (χ4n) is 1.88. The molecule has 104 valence electrons. The molecule has 0 aliphatic rings. The highest BCUT2D eigenvalue weighted by Gasteiger charge is 2.11. The zero-order valence-electron chi connectivity index (χ0n) is 11.1. The topological polar surface area (TPSA) is 29.1 Å². The summed E-state index contributed by atoms with van der Waals surface area (Å²) in [4.78, 5) is 11.8. The predicted octanol–water partition coefficient (Wildman–Crippen LogP) is 3.50. The number of carbonyl (C=O) groups excluding carboxylic acids is 1. The largest absolute Gasteiger partial charge is 0.351 e. The second-order valence-corrected chi connectivity index (χ2v) is 4.65. The summed E-state index contributed by atoms with van der Waals surface area (Å²) in [6.45, 7) is 2.42. The molecule has 0 aromatic heterocycles. The molecule has 0 fully saturated rings. The van der Waals surface area contributed by atoms with Gasteiger partial charge in [-0.1, -0.05) is 37.3 Å². The lowest BCUT2D eigenvalue weighted by Crippen LogP contribution is -2.27. The Morgan fingerprint density at radius 3 is 2.45 bits per heavy atom. The maximum absolute atomic E-state index is 13.0. The zero-order valence-corrected chi connectivity index (χ0v) is 11.1. The predicted molar refractivity (Wildman–Crippen MR) is 73.5 cm³/mol. The minimum Gasteiger partial charge on any atom is -0.351 e. The van der Waals surface area contributed by atoms with Crippen LogP contribution in [0, 0.1) is 11.6 Å². The molecule has 1 amide bonds. The molecule has 0 heterocycles. The molecule has 0 spiro atoms. The molecule has 0 bridgehead atoms. The van der Waals surface area contributed by atoms with Gasteiger partial charge in [0.1, 0.15) is 0 Å². The molecule has 4 heteroatoms. The first-order valence-corrected chi connectivity index (χ1v) is 6.36. The van der Waals surface area contributed by atoms with Crippen molar-refractivity contribution in [2.75, 3.05) is 6.54 Å². The van der Waals surface area contributed by atoms with Crippen molar-refractivity contribution >= 4 is 5.91 Å². The lowest BCUT2D eigenvalue weighted by atomic mass is 10.0. The van der Waals surface area contributed by atoms with Gasteiger partial charge in [0.2, 0.25) is 0 Å². The number of benzene rings is 2. The normalized spacial score (nSPS) is 11.9. The van der Waals surface area contributed by atoms with Crippen LogP contribution in [0.4, 0.5) is 8.78 Å². The van der Waals surface area contributed by atoms with Crippen molar-refractivity contribution in [3.8, 4) is 0 Å². The van der Waals surface area contributed by atoms with Gasteiger partial charge in [0.25, 0.3) is 5.91 Å². The van der Waals surface area contributed by atoms with E-state index < -0.39 is 17.5 Å². The summed E-state index contributed by atoms with van der Waals surface area (Å²) in [5.41, 5.74) is 1.22. The number of nitrogens with one attached hydrogen (secondary N) is 1. The molecule has 1 unspecified atom stereocenters.